The molecule has 0 aromatic carbocycles. The van der Waals surface area contributed by atoms with E-state index in [1.807, 2.05) is 0 Å². The van der Waals surface area contributed by atoms with Gasteiger partial charge in [0.15, 0.2) is 0 Å². The van der Waals surface area contributed by atoms with E-state index in [0.29, 0.717) is 0 Å². The molecule has 0 saturated heterocycles. The van der Waals surface area contributed by atoms with E-state index in [0.717, 1.165) is 23.7 Å². The van der Waals surface area contributed by atoms with Crippen molar-refractivity contribution < 1.29 is 0 Å². The number of rotatable bonds is 1. The van der Waals surface area contributed by atoms with Gasteiger partial charge < -0.3 is 0 Å². The smallest absolute Gasteiger partial charge is 0.0414 e. The van der Waals surface area contributed by atoms with Crippen LogP contribution >= 0.6 is 0 Å². The molecule has 0 aromatic rings. The van der Waals surface area contributed by atoms with Gasteiger partial charge in [0.2, 0.25) is 0 Å². The molecular formula is C14H28. The first kappa shape index (κ1) is 12.1. The van der Waals surface area contributed by atoms with Crippen LogP contribution in [0.2, 0.25) is 0 Å². The van der Waals surface area contributed by atoms with Crippen molar-refractivity contribution in [3.63, 3.8) is 0 Å². The highest BCUT2D eigenvalue weighted by molar-refractivity contribution is 4.72. The predicted molar refractivity (Wildman–Crippen MR) is 64.4 cm³/mol. The molecule has 0 aliphatic heterocycles. The van der Waals surface area contributed by atoms with Gasteiger partial charge in [-0.2, -0.15) is 0 Å². The second-order valence-electron chi connectivity index (χ2n) is 5.72. The molecule has 84 valence electrons. The van der Waals surface area contributed by atoms with Crippen LogP contribution in [0.5, 0.6) is 0 Å². The fraction of sp³-hybridized carbons (Fsp3) is 1.00. The largest absolute Gasteiger partial charge is 0.0651 e. The van der Waals surface area contributed by atoms with Gasteiger partial charge in [0.1, 0.15) is 0 Å². The van der Waals surface area contributed by atoms with Crippen LogP contribution in [0, 0.1) is 23.7 Å². The normalized spacial score (nSPS) is 37.3. The van der Waals surface area contributed by atoms with Gasteiger partial charge in [0, 0.05) is 0 Å². The van der Waals surface area contributed by atoms with E-state index in [1.165, 1.54) is 38.5 Å². The lowest BCUT2D eigenvalue weighted by molar-refractivity contribution is 0.220. The second-order valence-corrected chi connectivity index (χ2v) is 5.72. The molecule has 0 aromatic heterocycles. The fourth-order valence-corrected chi connectivity index (χ4v) is 2.34. The Kier molecular flexibility index (Phi) is 4.98. The lowest BCUT2D eigenvalue weighted by Gasteiger charge is -2.29. The first-order chi connectivity index (χ1) is 6.63. The van der Waals surface area contributed by atoms with Gasteiger partial charge >= 0.3 is 0 Å². The summed E-state index contributed by atoms with van der Waals surface area (Å²) in [4.78, 5) is 0. The zero-order valence-corrected chi connectivity index (χ0v) is 10.6. The maximum Gasteiger partial charge on any atom is -0.0414 e. The first-order valence-electron chi connectivity index (χ1n) is 6.63. The van der Waals surface area contributed by atoms with E-state index in [4.69, 9.17) is 0 Å². The van der Waals surface area contributed by atoms with Crippen LogP contribution in [-0.4, -0.2) is 0 Å². The minimum absolute atomic E-state index is 0.980. The van der Waals surface area contributed by atoms with Gasteiger partial charge in [0.25, 0.3) is 0 Å². The Balaban J connectivity index is 0.000000165. The molecule has 0 amide bonds. The van der Waals surface area contributed by atoms with Crippen LogP contribution in [0.25, 0.3) is 0 Å². The average Bonchev–Trinajstić information content (AvgIpc) is 2.96. The lowest BCUT2D eigenvalue weighted by atomic mass is 9.77. The highest BCUT2D eigenvalue weighted by Crippen LogP contribution is 2.32. The summed E-state index contributed by atoms with van der Waals surface area (Å²) in [5.41, 5.74) is 0. The summed E-state index contributed by atoms with van der Waals surface area (Å²) in [6, 6.07) is 0. The molecule has 2 fully saturated rings. The third-order valence-electron chi connectivity index (χ3n) is 4.13. The van der Waals surface area contributed by atoms with Gasteiger partial charge in [0.05, 0.1) is 0 Å². The van der Waals surface area contributed by atoms with Crippen LogP contribution in [0.3, 0.4) is 0 Å². The van der Waals surface area contributed by atoms with Crippen molar-refractivity contribution in [1.29, 1.82) is 0 Å². The molecule has 2 rings (SSSR count). The first-order valence-corrected chi connectivity index (χ1v) is 6.63. The quantitative estimate of drug-likeness (QED) is 0.560. The van der Waals surface area contributed by atoms with E-state index in [2.05, 4.69) is 27.7 Å². The third kappa shape index (κ3) is 4.48. The molecule has 0 radical (unpaired) electrons. The Labute approximate surface area is 90.5 Å². The number of hydrogen-bond acceptors (Lipinski definition) is 0. The summed E-state index contributed by atoms with van der Waals surface area (Å²) in [7, 11) is 0. The third-order valence-corrected chi connectivity index (χ3v) is 4.13. The zero-order valence-electron chi connectivity index (χ0n) is 10.6. The molecule has 2 aliphatic rings. The van der Waals surface area contributed by atoms with Crippen LogP contribution in [0.15, 0.2) is 0 Å². The maximum absolute atomic E-state index is 2.39. The molecule has 0 spiro atoms. The lowest BCUT2D eigenvalue weighted by Crippen LogP contribution is -2.18. The molecule has 3 unspecified atom stereocenters. The van der Waals surface area contributed by atoms with Gasteiger partial charge in [-0.1, -0.05) is 59.8 Å². The monoisotopic (exact) mass is 196 g/mol. The van der Waals surface area contributed by atoms with Gasteiger partial charge in [-0.25, -0.2) is 0 Å². The number of hydrogen-bond donors (Lipinski definition) is 0. The topological polar surface area (TPSA) is 0 Å². The molecule has 0 heteroatoms. The molecule has 3 atom stereocenters. The van der Waals surface area contributed by atoms with E-state index < -0.39 is 0 Å². The predicted octanol–water partition coefficient (Wildman–Crippen LogP) is 4.89. The summed E-state index contributed by atoms with van der Waals surface area (Å²) in [5.74, 6) is 4.10. The van der Waals surface area contributed by atoms with Gasteiger partial charge in [-0.15, -0.1) is 0 Å². The Morgan fingerprint density at radius 1 is 0.857 bits per heavy atom. The summed E-state index contributed by atoms with van der Waals surface area (Å²) in [5, 5.41) is 0. The van der Waals surface area contributed by atoms with Crippen molar-refractivity contribution in [2.45, 2.75) is 66.2 Å². The van der Waals surface area contributed by atoms with Crippen molar-refractivity contribution in [1.82, 2.24) is 0 Å². The van der Waals surface area contributed by atoms with Crippen LogP contribution in [0.4, 0.5) is 0 Å². The molecule has 0 heterocycles. The summed E-state index contributed by atoms with van der Waals surface area (Å²) in [6.45, 7) is 9.41. The fourth-order valence-electron chi connectivity index (χ4n) is 2.34. The molecule has 2 saturated carbocycles. The van der Waals surface area contributed by atoms with Crippen LogP contribution in [-0.2, 0) is 0 Å². The molecular weight excluding hydrogens is 168 g/mol. The van der Waals surface area contributed by atoms with Crippen molar-refractivity contribution in [3.8, 4) is 0 Å². The maximum atomic E-state index is 2.39. The molecule has 0 N–H and O–H groups in total. The molecule has 14 heavy (non-hydrogen) atoms. The highest BCUT2D eigenvalue weighted by atomic mass is 14.3. The minimum atomic E-state index is 0.980. The highest BCUT2D eigenvalue weighted by Gasteiger charge is 2.20. The summed E-state index contributed by atoms with van der Waals surface area (Å²) < 4.78 is 0. The zero-order chi connectivity index (χ0) is 10.6. The molecule has 0 bridgehead atoms. The van der Waals surface area contributed by atoms with Crippen molar-refractivity contribution >= 4 is 0 Å². The van der Waals surface area contributed by atoms with Crippen molar-refractivity contribution in [3.05, 3.63) is 0 Å². The average molecular weight is 196 g/mol. The minimum Gasteiger partial charge on any atom is -0.0651 e. The van der Waals surface area contributed by atoms with Crippen LogP contribution in [0.1, 0.15) is 66.2 Å². The molecule has 2 aliphatic carbocycles. The van der Waals surface area contributed by atoms with E-state index in [-0.39, 0.29) is 0 Å². The van der Waals surface area contributed by atoms with Gasteiger partial charge in [-0.3, -0.25) is 0 Å². The summed E-state index contributed by atoms with van der Waals surface area (Å²) >= 11 is 0. The van der Waals surface area contributed by atoms with Crippen molar-refractivity contribution in [2.75, 3.05) is 0 Å². The summed E-state index contributed by atoms with van der Waals surface area (Å²) in [6.07, 6.45) is 8.82. The Hall–Kier alpha value is 0. The Morgan fingerprint density at radius 3 is 1.79 bits per heavy atom. The Bertz CT molecular complexity index is 146. The Morgan fingerprint density at radius 2 is 1.50 bits per heavy atom. The van der Waals surface area contributed by atoms with E-state index in [9.17, 15) is 0 Å². The van der Waals surface area contributed by atoms with E-state index in [1.54, 1.807) is 0 Å². The molecule has 0 nitrogen and oxygen atoms in total. The SMILES string of the molecule is CC1CCC(C)C(C)C1.CCC1CC1. The van der Waals surface area contributed by atoms with Gasteiger partial charge in [-0.05, 0) is 30.1 Å². The standard InChI is InChI=1S/C9H18.C5H10/c1-7-4-5-8(2)9(3)6-7;1-2-5-3-4-5/h7-9H,4-6H2,1-3H3;5H,2-4H2,1H3. The second kappa shape index (κ2) is 5.78. The van der Waals surface area contributed by atoms with E-state index >= 15 is 0 Å². The van der Waals surface area contributed by atoms with Crippen molar-refractivity contribution in [2.24, 2.45) is 23.7 Å². The van der Waals surface area contributed by atoms with Crippen LogP contribution < -0.4 is 0 Å².